The van der Waals surface area contributed by atoms with Crippen molar-refractivity contribution >= 4 is 6.03 Å². The Morgan fingerprint density at radius 2 is 2.00 bits per heavy atom. The SMILES string of the molecule is COc1ccccc1[C@H]1c2cccn2CCN1C(=O)NC(C)C. The van der Waals surface area contributed by atoms with Crippen LogP contribution in [0.4, 0.5) is 4.79 Å². The maximum Gasteiger partial charge on any atom is 0.318 e. The van der Waals surface area contributed by atoms with Crippen LogP contribution in [0.5, 0.6) is 5.75 Å². The Morgan fingerprint density at radius 1 is 1.22 bits per heavy atom. The molecule has 122 valence electrons. The van der Waals surface area contributed by atoms with Gasteiger partial charge in [-0.1, -0.05) is 18.2 Å². The summed E-state index contributed by atoms with van der Waals surface area (Å²) < 4.78 is 7.74. The summed E-state index contributed by atoms with van der Waals surface area (Å²) in [5.41, 5.74) is 2.12. The largest absolute Gasteiger partial charge is 0.496 e. The minimum atomic E-state index is -0.145. The van der Waals surface area contributed by atoms with E-state index in [0.717, 1.165) is 23.6 Å². The molecule has 0 unspecified atom stereocenters. The Labute approximate surface area is 136 Å². The topological polar surface area (TPSA) is 46.5 Å². The van der Waals surface area contributed by atoms with Crippen LogP contribution in [0.25, 0.3) is 0 Å². The van der Waals surface area contributed by atoms with Crippen LogP contribution < -0.4 is 10.1 Å². The Balaban J connectivity index is 2.05. The first-order valence-electron chi connectivity index (χ1n) is 7.97. The van der Waals surface area contributed by atoms with Crippen LogP contribution in [0.1, 0.15) is 31.1 Å². The second-order valence-corrected chi connectivity index (χ2v) is 6.07. The number of benzene rings is 1. The van der Waals surface area contributed by atoms with Crippen molar-refractivity contribution in [2.24, 2.45) is 0 Å². The average molecular weight is 313 g/mol. The van der Waals surface area contributed by atoms with E-state index in [1.807, 2.05) is 49.1 Å². The zero-order valence-electron chi connectivity index (χ0n) is 13.8. The number of fused-ring (bicyclic) bond motifs is 1. The molecule has 0 bridgehead atoms. The quantitative estimate of drug-likeness (QED) is 0.947. The normalized spacial score (nSPS) is 17.0. The van der Waals surface area contributed by atoms with E-state index in [1.165, 1.54) is 0 Å². The number of carbonyl (C=O) groups excluding carboxylic acids is 1. The standard InChI is InChI=1S/C18H23N3O2/c1-13(2)19-18(22)21-12-11-20-10-6-8-15(20)17(21)14-7-4-5-9-16(14)23-3/h4-10,13,17H,11-12H2,1-3H3,(H,19,22)/t17-/m0/s1. The molecule has 1 aromatic heterocycles. The summed E-state index contributed by atoms with van der Waals surface area (Å²) in [6, 6.07) is 11.9. The molecular weight excluding hydrogens is 290 g/mol. The predicted molar refractivity (Wildman–Crippen MR) is 89.6 cm³/mol. The molecule has 5 heteroatoms. The van der Waals surface area contributed by atoms with Crippen molar-refractivity contribution in [1.29, 1.82) is 0 Å². The number of nitrogens with zero attached hydrogens (tertiary/aromatic N) is 2. The van der Waals surface area contributed by atoms with E-state index in [9.17, 15) is 4.79 Å². The van der Waals surface area contributed by atoms with E-state index < -0.39 is 0 Å². The molecule has 3 rings (SSSR count). The third-order valence-corrected chi connectivity index (χ3v) is 4.14. The van der Waals surface area contributed by atoms with E-state index in [-0.39, 0.29) is 18.1 Å². The van der Waals surface area contributed by atoms with Gasteiger partial charge in [0.2, 0.25) is 0 Å². The third kappa shape index (κ3) is 2.91. The number of hydrogen-bond acceptors (Lipinski definition) is 2. The van der Waals surface area contributed by atoms with Gasteiger partial charge in [0.25, 0.3) is 0 Å². The molecule has 2 amide bonds. The zero-order chi connectivity index (χ0) is 16.4. The van der Waals surface area contributed by atoms with E-state index in [4.69, 9.17) is 4.74 Å². The second-order valence-electron chi connectivity index (χ2n) is 6.07. The molecule has 1 N–H and O–H groups in total. The van der Waals surface area contributed by atoms with Gasteiger partial charge in [-0.05, 0) is 32.0 Å². The first kappa shape index (κ1) is 15.5. The lowest BCUT2D eigenvalue weighted by atomic mass is 9.99. The Bertz CT molecular complexity index is 693. The van der Waals surface area contributed by atoms with Crippen LogP contribution in [0.3, 0.4) is 0 Å². The molecule has 2 aromatic rings. The lowest BCUT2D eigenvalue weighted by Crippen LogP contribution is -2.49. The van der Waals surface area contributed by atoms with Crippen LogP contribution in [0.15, 0.2) is 42.6 Å². The van der Waals surface area contributed by atoms with Crippen LogP contribution in [0, 0.1) is 0 Å². The van der Waals surface area contributed by atoms with Crippen LogP contribution >= 0.6 is 0 Å². The van der Waals surface area contributed by atoms with Crippen molar-refractivity contribution < 1.29 is 9.53 Å². The van der Waals surface area contributed by atoms with Gasteiger partial charge in [-0.2, -0.15) is 0 Å². The van der Waals surface area contributed by atoms with E-state index in [0.29, 0.717) is 6.54 Å². The molecule has 1 aromatic carbocycles. The molecule has 0 spiro atoms. The number of urea groups is 1. The van der Waals surface area contributed by atoms with Gasteiger partial charge in [0.1, 0.15) is 11.8 Å². The summed E-state index contributed by atoms with van der Waals surface area (Å²) in [5, 5.41) is 3.01. The van der Waals surface area contributed by atoms with Crippen molar-refractivity contribution in [2.75, 3.05) is 13.7 Å². The van der Waals surface area contributed by atoms with Gasteiger partial charge in [0, 0.05) is 36.6 Å². The highest BCUT2D eigenvalue weighted by Gasteiger charge is 2.33. The minimum Gasteiger partial charge on any atom is -0.496 e. The Morgan fingerprint density at radius 3 is 2.74 bits per heavy atom. The van der Waals surface area contributed by atoms with E-state index in [1.54, 1.807) is 7.11 Å². The van der Waals surface area contributed by atoms with Gasteiger partial charge in [-0.15, -0.1) is 0 Å². The number of rotatable bonds is 3. The third-order valence-electron chi connectivity index (χ3n) is 4.14. The first-order chi connectivity index (χ1) is 11.1. The molecule has 0 saturated carbocycles. The average Bonchev–Trinajstić information content (AvgIpc) is 3.01. The fourth-order valence-electron chi connectivity index (χ4n) is 3.15. The molecule has 2 heterocycles. The number of nitrogens with one attached hydrogen (secondary N) is 1. The van der Waals surface area contributed by atoms with E-state index in [2.05, 4.69) is 22.1 Å². The first-order valence-corrected chi connectivity index (χ1v) is 7.97. The number of ether oxygens (including phenoxy) is 1. The van der Waals surface area contributed by atoms with Crippen molar-refractivity contribution in [3.05, 3.63) is 53.9 Å². The maximum absolute atomic E-state index is 12.7. The van der Waals surface area contributed by atoms with Crippen molar-refractivity contribution in [3.8, 4) is 5.75 Å². The van der Waals surface area contributed by atoms with Gasteiger partial charge in [-0.25, -0.2) is 4.79 Å². The summed E-state index contributed by atoms with van der Waals surface area (Å²) in [5.74, 6) is 0.800. The summed E-state index contributed by atoms with van der Waals surface area (Å²) in [4.78, 5) is 14.6. The van der Waals surface area contributed by atoms with Gasteiger partial charge in [0.05, 0.1) is 7.11 Å². The highest BCUT2D eigenvalue weighted by atomic mass is 16.5. The zero-order valence-corrected chi connectivity index (χ0v) is 13.8. The molecule has 0 radical (unpaired) electrons. The van der Waals surface area contributed by atoms with Gasteiger partial charge >= 0.3 is 6.03 Å². The fourth-order valence-corrected chi connectivity index (χ4v) is 3.15. The summed E-state index contributed by atoms with van der Waals surface area (Å²) >= 11 is 0. The summed E-state index contributed by atoms with van der Waals surface area (Å²) in [6.45, 7) is 5.42. The van der Waals surface area contributed by atoms with Gasteiger partial charge in [-0.3, -0.25) is 0 Å². The number of hydrogen-bond donors (Lipinski definition) is 1. The number of carbonyl (C=O) groups is 1. The molecule has 1 atom stereocenters. The highest BCUT2D eigenvalue weighted by molar-refractivity contribution is 5.76. The maximum atomic E-state index is 12.7. The van der Waals surface area contributed by atoms with Gasteiger partial charge < -0.3 is 19.5 Å². The Hall–Kier alpha value is -2.43. The van der Waals surface area contributed by atoms with Gasteiger partial charge in [0.15, 0.2) is 0 Å². The lowest BCUT2D eigenvalue weighted by Gasteiger charge is -2.38. The number of para-hydroxylation sites is 1. The van der Waals surface area contributed by atoms with Crippen molar-refractivity contribution in [1.82, 2.24) is 14.8 Å². The van der Waals surface area contributed by atoms with Crippen LogP contribution in [0.2, 0.25) is 0 Å². The molecule has 0 fully saturated rings. The molecule has 0 aliphatic carbocycles. The highest BCUT2D eigenvalue weighted by Crippen LogP contribution is 2.37. The summed E-state index contributed by atoms with van der Waals surface area (Å²) in [7, 11) is 1.67. The minimum absolute atomic E-state index is 0.0386. The number of methoxy groups -OCH3 is 1. The van der Waals surface area contributed by atoms with Crippen molar-refractivity contribution in [3.63, 3.8) is 0 Å². The number of amides is 2. The monoisotopic (exact) mass is 313 g/mol. The number of aromatic nitrogens is 1. The second kappa shape index (κ2) is 6.36. The lowest BCUT2D eigenvalue weighted by molar-refractivity contribution is 0.165. The summed E-state index contributed by atoms with van der Waals surface area (Å²) in [6.07, 6.45) is 2.06. The fraction of sp³-hybridized carbons (Fsp3) is 0.389. The molecule has 1 aliphatic heterocycles. The molecule has 23 heavy (non-hydrogen) atoms. The molecular formula is C18H23N3O2. The molecule has 0 saturated heterocycles. The van der Waals surface area contributed by atoms with E-state index >= 15 is 0 Å². The smallest absolute Gasteiger partial charge is 0.318 e. The Kier molecular flexibility index (Phi) is 4.28. The van der Waals surface area contributed by atoms with Crippen LogP contribution in [-0.2, 0) is 6.54 Å². The predicted octanol–water partition coefficient (Wildman–Crippen LogP) is 3.02. The van der Waals surface area contributed by atoms with Crippen LogP contribution in [-0.4, -0.2) is 35.2 Å². The van der Waals surface area contributed by atoms with Crippen molar-refractivity contribution in [2.45, 2.75) is 32.5 Å². The molecule has 5 nitrogen and oxygen atoms in total. The molecule has 1 aliphatic rings.